The molecule has 2 fully saturated rings. The first-order valence-corrected chi connectivity index (χ1v) is 6.67. The van der Waals surface area contributed by atoms with Crippen molar-refractivity contribution in [3.8, 4) is 0 Å². The Morgan fingerprint density at radius 3 is 2.47 bits per heavy atom. The lowest BCUT2D eigenvalue weighted by molar-refractivity contribution is 0.173. The second-order valence-electron chi connectivity index (χ2n) is 5.89. The summed E-state index contributed by atoms with van der Waals surface area (Å²) >= 11 is 0. The second-order valence-corrected chi connectivity index (χ2v) is 5.89. The summed E-state index contributed by atoms with van der Waals surface area (Å²) in [6, 6.07) is 8.26. The van der Waals surface area contributed by atoms with E-state index in [1.807, 2.05) is 12.1 Å². The smallest absolute Gasteiger partial charge is 0.115 e. The number of rotatable bonds is 3. The third-order valence-electron chi connectivity index (χ3n) is 4.31. The van der Waals surface area contributed by atoms with Crippen molar-refractivity contribution >= 4 is 0 Å². The lowest BCUT2D eigenvalue weighted by atomic mass is 9.92. The Kier molecular flexibility index (Phi) is 2.51. The number of halogens is 1. The highest BCUT2D eigenvalue weighted by Gasteiger charge is 2.40. The first kappa shape index (κ1) is 11.2. The van der Waals surface area contributed by atoms with E-state index in [0.717, 1.165) is 44.1 Å². The molecule has 2 saturated carbocycles. The maximum atomic E-state index is 14.4. The van der Waals surface area contributed by atoms with Crippen molar-refractivity contribution in [3.63, 3.8) is 0 Å². The van der Waals surface area contributed by atoms with E-state index < -0.39 is 5.67 Å². The lowest BCUT2D eigenvalue weighted by Crippen LogP contribution is -2.22. The van der Waals surface area contributed by atoms with Gasteiger partial charge in [0.05, 0.1) is 0 Å². The van der Waals surface area contributed by atoms with Crippen LogP contribution in [0, 0.1) is 0 Å². The molecule has 0 spiro atoms. The van der Waals surface area contributed by atoms with Crippen molar-refractivity contribution in [2.45, 2.75) is 56.2 Å². The minimum Gasteiger partial charge on any atom is -0.321 e. The average molecular weight is 233 g/mol. The van der Waals surface area contributed by atoms with Gasteiger partial charge >= 0.3 is 0 Å². The largest absolute Gasteiger partial charge is 0.321 e. The standard InChI is InChI=1S/C15H20FN/c16-14(6-1-2-7-14)11-12-4-3-5-13(10-12)15(17)8-9-15/h3-5,10H,1-2,6-9,11,17H2. The number of hydrogen-bond donors (Lipinski definition) is 1. The van der Waals surface area contributed by atoms with Gasteiger partial charge in [0.15, 0.2) is 0 Å². The summed E-state index contributed by atoms with van der Waals surface area (Å²) in [6.07, 6.45) is 6.23. The Labute approximate surface area is 102 Å². The fraction of sp³-hybridized carbons (Fsp3) is 0.600. The Morgan fingerprint density at radius 1 is 1.12 bits per heavy atom. The predicted molar refractivity (Wildman–Crippen MR) is 67.6 cm³/mol. The van der Waals surface area contributed by atoms with Crippen molar-refractivity contribution in [1.29, 1.82) is 0 Å². The van der Waals surface area contributed by atoms with E-state index in [1.165, 1.54) is 5.56 Å². The van der Waals surface area contributed by atoms with Crippen LogP contribution in [0.4, 0.5) is 4.39 Å². The van der Waals surface area contributed by atoms with E-state index in [2.05, 4.69) is 12.1 Å². The normalized spacial score (nSPS) is 24.8. The van der Waals surface area contributed by atoms with Crippen molar-refractivity contribution in [3.05, 3.63) is 35.4 Å². The van der Waals surface area contributed by atoms with Crippen LogP contribution in [0.5, 0.6) is 0 Å². The van der Waals surface area contributed by atoms with E-state index in [-0.39, 0.29) is 5.54 Å². The third-order valence-corrected chi connectivity index (χ3v) is 4.31. The van der Waals surface area contributed by atoms with E-state index >= 15 is 0 Å². The van der Waals surface area contributed by atoms with Crippen LogP contribution in [0.2, 0.25) is 0 Å². The molecule has 0 amide bonds. The molecule has 1 aromatic rings. The van der Waals surface area contributed by atoms with Crippen molar-refractivity contribution in [2.24, 2.45) is 5.73 Å². The van der Waals surface area contributed by atoms with Gasteiger partial charge in [0, 0.05) is 12.0 Å². The molecule has 0 bridgehead atoms. The quantitative estimate of drug-likeness (QED) is 0.850. The zero-order chi connectivity index (χ0) is 11.9. The van der Waals surface area contributed by atoms with Crippen LogP contribution >= 0.6 is 0 Å². The van der Waals surface area contributed by atoms with Gasteiger partial charge in [-0.3, -0.25) is 0 Å². The van der Waals surface area contributed by atoms with Crippen molar-refractivity contribution in [2.75, 3.05) is 0 Å². The van der Waals surface area contributed by atoms with Crippen molar-refractivity contribution in [1.82, 2.24) is 0 Å². The molecular weight excluding hydrogens is 213 g/mol. The van der Waals surface area contributed by atoms with Gasteiger partial charge in [-0.25, -0.2) is 4.39 Å². The first-order chi connectivity index (χ1) is 8.10. The maximum Gasteiger partial charge on any atom is 0.115 e. The predicted octanol–water partition coefficient (Wildman–Crippen LogP) is 3.46. The van der Waals surface area contributed by atoms with Crippen LogP contribution in [0.25, 0.3) is 0 Å². The van der Waals surface area contributed by atoms with Gasteiger partial charge in [-0.2, -0.15) is 0 Å². The zero-order valence-electron chi connectivity index (χ0n) is 10.2. The first-order valence-electron chi connectivity index (χ1n) is 6.67. The summed E-state index contributed by atoms with van der Waals surface area (Å²) in [5, 5.41) is 0. The van der Waals surface area contributed by atoms with Gasteiger partial charge in [0.2, 0.25) is 0 Å². The lowest BCUT2D eigenvalue weighted by Gasteiger charge is -2.20. The Morgan fingerprint density at radius 2 is 1.82 bits per heavy atom. The molecule has 2 aliphatic carbocycles. The van der Waals surface area contributed by atoms with Crippen LogP contribution in [-0.2, 0) is 12.0 Å². The van der Waals surface area contributed by atoms with Gasteiger partial charge < -0.3 is 5.73 Å². The zero-order valence-corrected chi connectivity index (χ0v) is 10.2. The van der Waals surface area contributed by atoms with E-state index in [4.69, 9.17) is 5.73 Å². The monoisotopic (exact) mass is 233 g/mol. The molecule has 0 unspecified atom stereocenters. The maximum absolute atomic E-state index is 14.4. The molecule has 17 heavy (non-hydrogen) atoms. The van der Waals surface area contributed by atoms with Gasteiger partial charge in [-0.15, -0.1) is 0 Å². The fourth-order valence-corrected chi connectivity index (χ4v) is 2.97. The molecule has 0 aromatic heterocycles. The highest BCUT2D eigenvalue weighted by Crippen LogP contribution is 2.43. The SMILES string of the molecule is NC1(c2cccc(CC3(F)CCCC3)c2)CC1. The molecule has 2 aliphatic rings. The fourth-order valence-electron chi connectivity index (χ4n) is 2.97. The molecule has 0 heterocycles. The molecule has 3 rings (SSSR count). The van der Waals surface area contributed by atoms with Gasteiger partial charge in [0.1, 0.15) is 5.67 Å². The Balaban J connectivity index is 1.79. The molecule has 1 nitrogen and oxygen atoms in total. The number of benzene rings is 1. The van der Waals surface area contributed by atoms with Crippen molar-refractivity contribution < 1.29 is 4.39 Å². The van der Waals surface area contributed by atoms with Gasteiger partial charge in [-0.05, 0) is 36.8 Å². The molecular formula is C15H20FN. The number of alkyl halides is 1. The summed E-state index contributed by atoms with van der Waals surface area (Å²) in [4.78, 5) is 0. The summed E-state index contributed by atoms with van der Waals surface area (Å²) in [7, 11) is 0. The summed E-state index contributed by atoms with van der Waals surface area (Å²) < 4.78 is 14.4. The highest BCUT2D eigenvalue weighted by molar-refractivity contribution is 5.33. The topological polar surface area (TPSA) is 26.0 Å². The van der Waals surface area contributed by atoms with Crippen LogP contribution in [0.15, 0.2) is 24.3 Å². The van der Waals surface area contributed by atoms with Gasteiger partial charge in [-0.1, -0.05) is 37.1 Å². The summed E-state index contributed by atoms with van der Waals surface area (Å²) in [5.41, 5.74) is 7.43. The number of nitrogens with two attached hydrogens (primary N) is 1. The minimum atomic E-state index is -0.954. The molecule has 0 aliphatic heterocycles. The molecule has 92 valence electrons. The molecule has 2 N–H and O–H groups in total. The Bertz CT molecular complexity index is 417. The van der Waals surface area contributed by atoms with Crippen LogP contribution in [0.1, 0.15) is 49.7 Å². The second kappa shape index (κ2) is 3.81. The summed E-state index contributed by atoms with van der Waals surface area (Å²) in [6.45, 7) is 0. The van der Waals surface area contributed by atoms with Crippen LogP contribution in [0.3, 0.4) is 0 Å². The molecule has 2 heteroatoms. The molecule has 0 saturated heterocycles. The average Bonchev–Trinajstić information content (AvgIpc) is 2.92. The molecule has 0 atom stereocenters. The molecule has 1 aromatic carbocycles. The van der Waals surface area contributed by atoms with Gasteiger partial charge in [0.25, 0.3) is 0 Å². The Hall–Kier alpha value is -0.890. The third kappa shape index (κ3) is 2.23. The van der Waals surface area contributed by atoms with E-state index in [0.29, 0.717) is 6.42 Å². The number of hydrogen-bond acceptors (Lipinski definition) is 1. The van der Waals surface area contributed by atoms with E-state index in [9.17, 15) is 4.39 Å². The highest BCUT2D eigenvalue weighted by atomic mass is 19.1. The molecule has 0 radical (unpaired) electrons. The van der Waals surface area contributed by atoms with E-state index in [1.54, 1.807) is 0 Å². The van der Waals surface area contributed by atoms with Crippen LogP contribution < -0.4 is 5.73 Å². The minimum absolute atomic E-state index is 0.102. The summed E-state index contributed by atoms with van der Waals surface area (Å²) in [5.74, 6) is 0. The van der Waals surface area contributed by atoms with Crippen LogP contribution in [-0.4, -0.2) is 5.67 Å².